The van der Waals surface area contributed by atoms with Gasteiger partial charge in [-0.3, -0.25) is 4.79 Å². The second kappa shape index (κ2) is 8.01. The second-order valence-electron chi connectivity index (χ2n) is 3.88. The van der Waals surface area contributed by atoms with Crippen molar-refractivity contribution in [3.63, 3.8) is 0 Å². The number of carbonyl (C=O) groups excluding carboxylic acids is 1. The predicted octanol–water partition coefficient (Wildman–Crippen LogP) is 1.69. The van der Waals surface area contributed by atoms with E-state index in [0.717, 1.165) is 16.6 Å². The molecular weight excluding hydrogens is 312 g/mol. The minimum atomic E-state index is -0.157. The molecule has 0 radical (unpaired) electrons. The molecule has 1 rings (SSSR count). The lowest BCUT2D eigenvalue weighted by molar-refractivity contribution is -0.123. The summed E-state index contributed by atoms with van der Waals surface area (Å²) in [4.78, 5) is 11.4. The number of hydrogen-bond acceptors (Lipinski definition) is 4. The summed E-state index contributed by atoms with van der Waals surface area (Å²) in [6.07, 6.45) is 0. The molecule has 19 heavy (non-hydrogen) atoms. The van der Waals surface area contributed by atoms with E-state index in [1.54, 1.807) is 7.11 Å². The van der Waals surface area contributed by atoms with E-state index in [2.05, 4.69) is 26.6 Å². The summed E-state index contributed by atoms with van der Waals surface area (Å²) in [7, 11) is 3.45. The van der Waals surface area contributed by atoms with Crippen molar-refractivity contribution < 1.29 is 14.3 Å². The van der Waals surface area contributed by atoms with Crippen molar-refractivity contribution in [2.45, 2.75) is 13.5 Å². The summed E-state index contributed by atoms with van der Waals surface area (Å²) in [5.74, 6) is 0.980. The molecule has 0 saturated carbocycles. The number of carbonyl (C=O) groups is 1. The van der Waals surface area contributed by atoms with Crippen molar-refractivity contribution >= 4 is 21.8 Å². The van der Waals surface area contributed by atoms with Gasteiger partial charge in [-0.15, -0.1) is 0 Å². The summed E-state index contributed by atoms with van der Waals surface area (Å²) < 4.78 is 11.6. The number of likely N-dealkylation sites (N-methyl/N-ethyl adjacent to an activating group) is 1. The van der Waals surface area contributed by atoms with Crippen LogP contribution in [0.2, 0.25) is 0 Å². The topological polar surface area (TPSA) is 59.6 Å². The quantitative estimate of drug-likeness (QED) is 0.798. The Morgan fingerprint density at radius 1 is 1.42 bits per heavy atom. The molecule has 6 heteroatoms. The van der Waals surface area contributed by atoms with Crippen LogP contribution in [0.5, 0.6) is 11.5 Å². The fourth-order valence-electron chi connectivity index (χ4n) is 1.61. The van der Waals surface area contributed by atoms with Crippen molar-refractivity contribution in [2.75, 3.05) is 27.3 Å². The van der Waals surface area contributed by atoms with Crippen LogP contribution in [0, 0.1) is 0 Å². The third-order valence-electron chi connectivity index (χ3n) is 2.39. The van der Waals surface area contributed by atoms with Gasteiger partial charge in [-0.1, -0.05) is 0 Å². The first-order valence-electron chi connectivity index (χ1n) is 6.02. The van der Waals surface area contributed by atoms with Gasteiger partial charge in [0.1, 0.15) is 0 Å². The number of halogens is 1. The Labute approximate surface area is 121 Å². The number of methoxy groups -OCH3 is 1. The Morgan fingerprint density at radius 3 is 2.74 bits per heavy atom. The van der Waals surface area contributed by atoms with Gasteiger partial charge in [-0.25, -0.2) is 0 Å². The molecule has 0 atom stereocenters. The molecule has 0 aromatic heterocycles. The van der Waals surface area contributed by atoms with E-state index < -0.39 is 0 Å². The van der Waals surface area contributed by atoms with Crippen LogP contribution >= 0.6 is 15.9 Å². The molecule has 5 nitrogen and oxygen atoms in total. The molecule has 1 amide bonds. The van der Waals surface area contributed by atoms with Crippen molar-refractivity contribution in [1.29, 1.82) is 0 Å². The lowest BCUT2D eigenvalue weighted by atomic mass is 10.2. The average Bonchev–Trinajstić information content (AvgIpc) is 2.37. The van der Waals surface area contributed by atoms with Crippen molar-refractivity contribution in [2.24, 2.45) is 0 Å². The third kappa shape index (κ3) is 4.72. The number of ether oxygens (including phenoxy) is 2. The minimum Gasteiger partial charge on any atom is -0.493 e. The lowest BCUT2D eigenvalue weighted by Gasteiger charge is -2.14. The first-order valence-corrected chi connectivity index (χ1v) is 6.82. The van der Waals surface area contributed by atoms with Crippen LogP contribution in [0.4, 0.5) is 0 Å². The summed E-state index contributed by atoms with van der Waals surface area (Å²) in [5.41, 5.74) is 1.07. The second-order valence-corrected chi connectivity index (χ2v) is 4.74. The highest BCUT2D eigenvalue weighted by molar-refractivity contribution is 9.10. The van der Waals surface area contributed by atoms with Gasteiger partial charge in [0.05, 0.1) is 11.6 Å². The van der Waals surface area contributed by atoms with E-state index in [1.807, 2.05) is 26.1 Å². The fraction of sp³-hybridized carbons (Fsp3) is 0.462. The summed E-state index contributed by atoms with van der Waals surface area (Å²) in [5, 5.41) is 5.74. The van der Waals surface area contributed by atoms with E-state index in [9.17, 15) is 4.79 Å². The molecule has 0 unspecified atom stereocenters. The third-order valence-corrected chi connectivity index (χ3v) is 2.98. The zero-order chi connectivity index (χ0) is 14.3. The lowest BCUT2D eigenvalue weighted by Crippen LogP contribution is -2.28. The normalized spacial score (nSPS) is 10.1. The Kier molecular flexibility index (Phi) is 6.66. The number of nitrogens with one attached hydrogen (secondary N) is 2. The Morgan fingerprint density at radius 2 is 2.16 bits per heavy atom. The maximum Gasteiger partial charge on any atom is 0.257 e. The highest BCUT2D eigenvalue weighted by Crippen LogP contribution is 2.36. The standard InChI is InChI=1S/C13H19BrN2O3/c1-4-16-12(17)8-19-13-10(14)5-9(7-15-2)6-11(13)18-3/h5-6,15H,4,7-8H2,1-3H3,(H,16,17). The van der Waals surface area contributed by atoms with Crippen LogP contribution < -0.4 is 20.1 Å². The first kappa shape index (κ1) is 15.8. The molecule has 106 valence electrons. The van der Waals surface area contributed by atoms with Gasteiger partial charge in [0.25, 0.3) is 5.91 Å². The number of rotatable bonds is 7. The molecule has 0 aliphatic rings. The molecule has 0 saturated heterocycles. The molecule has 0 fully saturated rings. The molecule has 0 bridgehead atoms. The fourth-order valence-corrected chi connectivity index (χ4v) is 2.21. The molecule has 0 spiro atoms. The van der Waals surface area contributed by atoms with Crippen molar-refractivity contribution in [3.8, 4) is 11.5 Å². The zero-order valence-electron chi connectivity index (χ0n) is 11.4. The summed E-state index contributed by atoms with van der Waals surface area (Å²) >= 11 is 3.43. The van der Waals surface area contributed by atoms with Gasteiger partial charge < -0.3 is 20.1 Å². The van der Waals surface area contributed by atoms with Gasteiger partial charge in [-0.2, -0.15) is 0 Å². The first-order chi connectivity index (χ1) is 9.12. The predicted molar refractivity (Wildman–Crippen MR) is 77.6 cm³/mol. The van der Waals surface area contributed by atoms with E-state index in [1.165, 1.54) is 0 Å². The Bertz CT molecular complexity index is 438. The summed E-state index contributed by atoms with van der Waals surface area (Å²) in [6, 6.07) is 3.82. The van der Waals surface area contributed by atoms with Crippen LogP contribution in [-0.2, 0) is 11.3 Å². The van der Waals surface area contributed by atoms with Gasteiger partial charge in [0.15, 0.2) is 18.1 Å². The SMILES string of the molecule is CCNC(=O)COc1c(Br)cc(CNC)cc1OC. The van der Waals surface area contributed by atoms with Gasteiger partial charge >= 0.3 is 0 Å². The molecule has 0 aliphatic carbocycles. The smallest absolute Gasteiger partial charge is 0.257 e. The van der Waals surface area contributed by atoms with E-state index >= 15 is 0 Å². The maximum atomic E-state index is 11.4. The average molecular weight is 331 g/mol. The van der Waals surface area contributed by atoms with Crippen LogP contribution in [0.25, 0.3) is 0 Å². The molecule has 0 heterocycles. The van der Waals surface area contributed by atoms with Crippen molar-refractivity contribution in [3.05, 3.63) is 22.2 Å². The Balaban J connectivity index is 2.84. The van der Waals surface area contributed by atoms with E-state index in [4.69, 9.17) is 9.47 Å². The van der Waals surface area contributed by atoms with Gasteiger partial charge in [0, 0.05) is 13.1 Å². The minimum absolute atomic E-state index is 0.0336. The molecule has 0 aliphatic heterocycles. The largest absolute Gasteiger partial charge is 0.493 e. The van der Waals surface area contributed by atoms with Crippen LogP contribution in [-0.4, -0.2) is 33.2 Å². The Hall–Kier alpha value is -1.27. The molecule has 2 N–H and O–H groups in total. The van der Waals surface area contributed by atoms with Crippen LogP contribution in [0.3, 0.4) is 0 Å². The molecule has 1 aromatic rings. The molecule has 1 aromatic carbocycles. The van der Waals surface area contributed by atoms with Crippen LogP contribution in [0.1, 0.15) is 12.5 Å². The summed E-state index contributed by atoms with van der Waals surface area (Å²) in [6.45, 7) is 3.14. The van der Waals surface area contributed by atoms with Gasteiger partial charge in [0.2, 0.25) is 0 Å². The number of benzene rings is 1. The monoisotopic (exact) mass is 330 g/mol. The van der Waals surface area contributed by atoms with Crippen LogP contribution in [0.15, 0.2) is 16.6 Å². The van der Waals surface area contributed by atoms with Crippen molar-refractivity contribution in [1.82, 2.24) is 10.6 Å². The number of hydrogen-bond donors (Lipinski definition) is 2. The van der Waals surface area contributed by atoms with E-state index in [-0.39, 0.29) is 12.5 Å². The highest BCUT2D eigenvalue weighted by Gasteiger charge is 2.13. The van der Waals surface area contributed by atoms with Gasteiger partial charge in [-0.05, 0) is 47.6 Å². The maximum absolute atomic E-state index is 11.4. The highest BCUT2D eigenvalue weighted by atomic mass is 79.9. The van der Waals surface area contributed by atoms with E-state index in [0.29, 0.717) is 18.0 Å². The number of amides is 1. The molecular formula is C13H19BrN2O3. The zero-order valence-corrected chi connectivity index (χ0v) is 13.0.